The summed E-state index contributed by atoms with van der Waals surface area (Å²) in [7, 11) is 0. The number of hydrogen-bond acceptors (Lipinski definition) is 3. The highest BCUT2D eigenvalue weighted by atomic mass is 32.2. The van der Waals surface area contributed by atoms with Crippen LogP contribution in [0.1, 0.15) is 38.5 Å². The molecular formula is C16H19FN2S. The van der Waals surface area contributed by atoms with Crippen molar-refractivity contribution in [1.29, 1.82) is 5.26 Å². The Kier molecular flexibility index (Phi) is 4.00. The quantitative estimate of drug-likeness (QED) is 0.914. The zero-order valence-corrected chi connectivity index (χ0v) is 12.3. The van der Waals surface area contributed by atoms with Crippen molar-refractivity contribution in [1.82, 2.24) is 5.32 Å². The zero-order chi connectivity index (χ0) is 14.0. The highest BCUT2D eigenvalue weighted by Crippen LogP contribution is 2.39. The van der Waals surface area contributed by atoms with Gasteiger partial charge >= 0.3 is 0 Å². The molecule has 106 valence electrons. The molecule has 2 atom stereocenters. The van der Waals surface area contributed by atoms with Gasteiger partial charge in [-0.2, -0.15) is 5.26 Å². The van der Waals surface area contributed by atoms with Crippen LogP contribution in [0.4, 0.5) is 4.39 Å². The van der Waals surface area contributed by atoms with E-state index in [1.54, 1.807) is 11.8 Å². The second-order valence-corrected chi connectivity index (χ2v) is 7.28. The summed E-state index contributed by atoms with van der Waals surface area (Å²) in [5.41, 5.74) is -0.336. The van der Waals surface area contributed by atoms with Gasteiger partial charge in [0.1, 0.15) is 11.4 Å². The Balaban J connectivity index is 1.64. The van der Waals surface area contributed by atoms with Crippen molar-refractivity contribution in [2.24, 2.45) is 0 Å². The number of nitriles is 1. The van der Waals surface area contributed by atoms with Gasteiger partial charge in [-0.15, -0.1) is 11.8 Å². The Morgan fingerprint density at radius 1 is 1.25 bits per heavy atom. The van der Waals surface area contributed by atoms with Gasteiger partial charge < -0.3 is 0 Å². The first-order valence-corrected chi connectivity index (χ1v) is 8.18. The molecule has 1 aromatic rings. The summed E-state index contributed by atoms with van der Waals surface area (Å²) in [6.45, 7) is 0. The Morgan fingerprint density at radius 2 is 2.00 bits per heavy atom. The van der Waals surface area contributed by atoms with Gasteiger partial charge in [0.05, 0.1) is 6.07 Å². The molecule has 0 bridgehead atoms. The average Bonchev–Trinajstić information content (AvgIpc) is 3.26. The fraction of sp³-hybridized carbons (Fsp3) is 0.562. The van der Waals surface area contributed by atoms with Crippen molar-refractivity contribution in [3.63, 3.8) is 0 Å². The summed E-state index contributed by atoms with van der Waals surface area (Å²) in [6, 6.07) is 9.76. The number of halogens is 1. The minimum absolute atomic E-state index is 0.195. The van der Waals surface area contributed by atoms with E-state index >= 15 is 0 Å². The van der Waals surface area contributed by atoms with Gasteiger partial charge in [-0.05, 0) is 62.8 Å². The molecule has 0 radical (unpaired) electrons. The normalized spacial score (nSPS) is 29.9. The van der Waals surface area contributed by atoms with Crippen molar-refractivity contribution in [2.45, 2.75) is 60.3 Å². The van der Waals surface area contributed by atoms with Crippen molar-refractivity contribution in [3.05, 3.63) is 30.1 Å². The molecule has 3 rings (SSSR count). The third-order valence-corrected chi connectivity index (χ3v) is 5.37. The van der Waals surface area contributed by atoms with Crippen LogP contribution in [0.2, 0.25) is 0 Å². The smallest absolute Gasteiger partial charge is 0.123 e. The molecule has 2 nitrogen and oxygen atoms in total. The van der Waals surface area contributed by atoms with E-state index in [4.69, 9.17) is 0 Å². The second-order valence-electron chi connectivity index (χ2n) is 5.90. The van der Waals surface area contributed by atoms with E-state index in [2.05, 4.69) is 11.4 Å². The van der Waals surface area contributed by atoms with Gasteiger partial charge in [-0.25, -0.2) is 4.39 Å². The Labute approximate surface area is 123 Å². The molecule has 0 aliphatic heterocycles. The molecule has 0 heterocycles. The largest absolute Gasteiger partial charge is 0.297 e. The fourth-order valence-corrected chi connectivity index (χ4v) is 4.24. The maximum atomic E-state index is 12.9. The van der Waals surface area contributed by atoms with E-state index < -0.39 is 0 Å². The maximum absolute atomic E-state index is 12.9. The highest BCUT2D eigenvalue weighted by Gasteiger charge is 2.40. The minimum Gasteiger partial charge on any atom is -0.297 e. The maximum Gasteiger partial charge on any atom is 0.123 e. The molecule has 0 amide bonds. The summed E-state index contributed by atoms with van der Waals surface area (Å²) in [5.74, 6) is -0.195. The van der Waals surface area contributed by atoms with E-state index in [0.717, 1.165) is 30.6 Å². The first-order chi connectivity index (χ1) is 9.69. The molecule has 1 N–H and O–H groups in total. The number of hydrogen-bond donors (Lipinski definition) is 1. The number of thioether (sulfide) groups is 1. The van der Waals surface area contributed by atoms with E-state index in [1.165, 1.54) is 25.0 Å². The summed E-state index contributed by atoms with van der Waals surface area (Å²) in [4.78, 5) is 1.09. The van der Waals surface area contributed by atoms with Gasteiger partial charge in [0, 0.05) is 16.2 Å². The van der Waals surface area contributed by atoms with Crippen LogP contribution in [0, 0.1) is 17.1 Å². The zero-order valence-electron chi connectivity index (χ0n) is 11.4. The third kappa shape index (κ3) is 3.34. The van der Waals surface area contributed by atoms with Crippen LogP contribution in [0.5, 0.6) is 0 Å². The third-order valence-electron chi connectivity index (χ3n) is 4.09. The Morgan fingerprint density at radius 3 is 2.65 bits per heavy atom. The molecule has 20 heavy (non-hydrogen) atoms. The number of rotatable bonds is 4. The van der Waals surface area contributed by atoms with E-state index in [0.29, 0.717) is 11.3 Å². The van der Waals surface area contributed by atoms with Gasteiger partial charge in [0.25, 0.3) is 0 Å². The Bertz CT molecular complexity index is 506. The molecule has 2 saturated carbocycles. The van der Waals surface area contributed by atoms with Crippen LogP contribution in [0.3, 0.4) is 0 Å². The monoisotopic (exact) mass is 290 g/mol. The van der Waals surface area contributed by atoms with Gasteiger partial charge in [0.2, 0.25) is 0 Å². The lowest BCUT2D eigenvalue weighted by Crippen LogP contribution is -2.49. The van der Waals surface area contributed by atoms with Crippen molar-refractivity contribution >= 4 is 11.8 Å². The molecule has 1 aromatic carbocycles. The number of nitrogens with one attached hydrogen (secondary N) is 1. The van der Waals surface area contributed by atoms with Gasteiger partial charge in [-0.3, -0.25) is 5.32 Å². The average molecular weight is 290 g/mol. The highest BCUT2D eigenvalue weighted by molar-refractivity contribution is 8.00. The first-order valence-electron chi connectivity index (χ1n) is 7.30. The molecule has 2 aliphatic rings. The topological polar surface area (TPSA) is 35.8 Å². The summed E-state index contributed by atoms with van der Waals surface area (Å²) >= 11 is 1.78. The molecule has 2 unspecified atom stereocenters. The molecule has 0 aromatic heterocycles. The van der Waals surface area contributed by atoms with Crippen LogP contribution in [-0.2, 0) is 0 Å². The summed E-state index contributed by atoms with van der Waals surface area (Å²) < 4.78 is 12.9. The second kappa shape index (κ2) is 5.75. The van der Waals surface area contributed by atoms with Crippen LogP contribution < -0.4 is 5.32 Å². The van der Waals surface area contributed by atoms with E-state index in [-0.39, 0.29) is 11.4 Å². The van der Waals surface area contributed by atoms with Crippen LogP contribution in [0.15, 0.2) is 29.2 Å². The lowest BCUT2D eigenvalue weighted by Gasteiger charge is -2.36. The fourth-order valence-electron chi connectivity index (χ4n) is 2.91. The van der Waals surface area contributed by atoms with Gasteiger partial charge in [-0.1, -0.05) is 0 Å². The van der Waals surface area contributed by atoms with Crippen LogP contribution >= 0.6 is 11.8 Å². The van der Waals surface area contributed by atoms with Crippen LogP contribution in [-0.4, -0.2) is 16.8 Å². The molecular weight excluding hydrogens is 271 g/mol. The van der Waals surface area contributed by atoms with Crippen molar-refractivity contribution in [3.8, 4) is 6.07 Å². The number of nitrogens with zero attached hydrogens (tertiary/aromatic N) is 1. The van der Waals surface area contributed by atoms with Gasteiger partial charge in [0.15, 0.2) is 0 Å². The first kappa shape index (κ1) is 13.9. The Hall–Kier alpha value is -1.05. The van der Waals surface area contributed by atoms with E-state index in [9.17, 15) is 9.65 Å². The molecule has 2 aliphatic carbocycles. The van der Waals surface area contributed by atoms with Crippen molar-refractivity contribution < 1.29 is 4.39 Å². The molecule has 2 fully saturated rings. The molecule has 4 heteroatoms. The van der Waals surface area contributed by atoms with E-state index in [1.807, 2.05) is 12.1 Å². The van der Waals surface area contributed by atoms with Crippen LogP contribution in [0.25, 0.3) is 0 Å². The number of benzene rings is 1. The summed E-state index contributed by atoms with van der Waals surface area (Å²) in [5, 5.41) is 13.6. The lowest BCUT2D eigenvalue weighted by atomic mass is 9.82. The SMILES string of the molecule is N#CC1(NC2CC2)CCCC(Sc2ccc(F)cc2)C1. The standard InChI is InChI=1S/C16H19FN2S/c17-12-3-7-14(8-4-12)20-15-2-1-9-16(10-15,11-18)19-13-5-6-13/h3-4,7-8,13,15,19H,1-2,5-6,9-10H2. The molecule has 0 saturated heterocycles. The predicted octanol–water partition coefficient (Wildman–Crippen LogP) is 3.87. The summed E-state index contributed by atoms with van der Waals surface area (Å²) in [6.07, 6.45) is 6.49. The predicted molar refractivity (Wildman–Crippen MR) is 79.0 cm³/mol. The minimum atomic E-state index is -0.336. The van der Waals surface area contributed by atoms with Crippen molar-refractivity contribution in [2.75, 3.05) is 0 Å². The lowest BCUT2D eigenvalue weighted by molar-refractivity contribution is 0.301. The molecule has 0 spiro atoms.